The van der Waals surface area contributed by atoms with Crippen LogP contribution in [0.5, 0.6) is 0 Å². The zero-order chi connectivity index (χ0) is 14.8. The van der Waals surface area contributed by atoms with Crippen molar-refractivity contribution < 1.29 is 14.7 Å². The molecule has 5 heteroatoms. The van der Waals surface area contributed by atoms with Gasteiger partial charge in [0.1, 0.15) is 0 Å². The van der Waals surface area contributed by atoms with Gasteiger partial charge in [-0.3, -0.25) is 4.79 Å². The molecule has 1 unspecified atom stereocenters. The van der Waals surface area contributed by atoms with Gasteiger partial charge in [-0.05, 0) is 44.4 Å². The van der Waals surface area contributed by atoms with Crippen LogP contribution in [0.2, 0.25) is 0 Å². The first-order chi connectivity index (χ1) is 9.58. The minimum Gasteiger partial charge on any atom is -0.481 e. The first kappa shape index (κ1) is 16.5. The maximum absolute atomic E-state index is 11.6. The maximum atomic E-state index is 11.6. The lowest BCUT2D eigenvalue weighted by Gasteiger charge is -2.14. The number of rotatable bonds is 8. The Labute approximate surface area is 120 Å². The zero-order valence-corrected chi connectivity index (χ0v) is 12.3. The molecule has 2 amide bonds. The minimum atomic E-state index is -0.790. The summed E-state index contributed by atoms with van der Waals surface area (Å²) < 4.78 is 0. The second-order valence-corrected chi connectivity index (χ2v) is 5.53. The Hall–Kier alpha value is -1.52. The van der Waals surface area contributed by atoms with Crippen molar-refractivity contribution in [2.24, 2.45) is 5.92 Å². The van der Waals surface area contributed by atoms with Gasteiger partial charge in [-0.2, -0.15) is 0 Å². The van der Waals surface area contributed by atoms with Crippen LogP contribution in [-0.4, -0.2) is 30.2 Å². The van der Waals surface area contributed by atoms with Crippen LogP contribution in [-0.2, 0) is 4.79 Å². The van der Waals surface area contributed by atoms with Crippen LogP contribution in [0.25, 0.3) is 0 Å². The number of carbonyl (C=O) groups excluding carboxylic acids is 1. The third-order valence-electron chi connectivity index (χ3n) is 3.58. The van der Waals surface area contributed by atoms with E-state index >= 15 is 0 Å². The summed E-state index contributed by atoms with van der Waals surface area (Å²) in [6.45, 7) is 3.12. The first-order valence-electron chi connectivity index (χ1n) is 7.49. The first-order valence-corrected chi connectivity index (χ1v) is 7.49. The van der Waals surface area contributed by atoms with Crippen LogP contribution in [0, 0.1) is 5.92 Å². The average molecular weight is 282 g/mol. The van der Waals surface area contributed by atoms with E-state index in [0.29, 0.717) is 19.5 Å². The van der Waals surface area contributed by atoms with Crippen LogP contribution in [0.4, 0.5) is 4.79 Å². The Morgan fingerprint density at radius 2 is 2.15 bits per heavy atom. The second kappa shape index (κ2) is 9.39. The van der Waals surface area contributed by atoms with E-state index in [1.165, 1.54) is 24.8 Å². The largest absolute Gasteiger partial charge is 0.481 e. The molecule has 0 radical (unpaired) electrons. The van der Waals surface area contributed by atoms with Gasteiger partial charge in [0.15, 0.2) is 0 Å². The predicted octanol–water partition coefficient (Wildman–Crippen LogP) is 2.68. The highest BCUT2D eigenvalue weighted by Gasteiger charge is 2.08. The molecule has 1 rings (SSSR count). The van der Waals surface area contributed by atoms with Gasteiger partial charge < -0.3 is 15.7 Å². The summed E-state index contributed by atoms with van der Waals surface area (Å²) in [6.07, 6.45) is 8.84. The third kappa shape index (κ3) is 7.81. The average Bonchev–Trinajstić information content (AvgIpc) is 2.44. The Morgan fingerprint density at radius 1 is 1.35 bits per heavy atom. The topological polar surface area (TPSA) is 78.4 Å². The minimum absolute atomic E-state index is 0.151. The Morgan fingerprint density at radius 3 is 2.80 bits per heavy atom. The molecule has 0 bridgehead atoms. The van der Waals surface area contributed by atoms with E-state index in [1.807, 2.05) is 6.92 Å². The van der Waals surface area contributed by atoms with Gasteiger partial charge in [-0.25, -0.2) is 4.79 Å². The standard InChI is InChI=1S/C15H26N2O3/c1-12(7-8-14(18)19)11-17-15(20)16-10-9-13-5-3-2-4-6-13/h5,12H,2-4,6-11H2,1H3,(H,18,19)(H2,16,17,20). The van der Waals surface area contributed by atoms with E-state index in [9.17, 15) is 9.59 Å². The number of nitrogens with one attached hydrogen (secondary N) is 2. The lowest BCUT2D eigenvalue weighted by Crippen LogP contribution is -2.38. The molecule has 114 valence electrons. The van der Waals surface area contributed by atoms with E-state index in [2.05, 4.69) is 16.7 Å². The van der Waals surface area contributed by atoms with E-state index in [-0.39, 0.29) is 18.4 Å². The molecule has 0 aromatic rings. The smallest absolute Gasteiger partial charge is 0.314 e. The number of amides is 2. The van der Waals surface area contributed by atoms with Gasteiger partial charge in [-0.1, -0.05) is 18.6 Å². The fourth-order valence-electron chi connectivity index (χ4n) is 2.27. The number of allylic oxidation sites excluding steroid dienone is 1. The number of carbonyl (C=O) groups is 2. The molecule has 0 saturated heterocycles. The van der Waals surface area contributed by atoms with Gasteiger partial charge in [0.25, 0.3) is 0 Å². The van der Waals surface area contributed by atoms with Crippen molar-refractivity contribution in [3.63, 3.8) is 0 Å². The predicted molar refractivity (Wildman–Crippen MR) is 78.6 cm³/mol. The van der Waals surface area contributed by atoms with Crippen LogP contribution in [0.1, 0.15) is 51.9 Å². The summed E-state index contributed by atoms with van der Waals surface area (Å²) >= 11 is 0. The molecule has 0 heterocycles. The summed E-state index contributed by atoms with van der Waals surface area (Å²) in [7, 11) is 0. The third-order valence-corrected chi connectivity index (χ3v) is 3.58. The molecular formula is C15H26N2O3. The SMILES string of the molecule is CC(CCC(=O)O)CNC(=O)NCCC1=CCCCC1. The number of carboxylic acid groups (broad SMARTS) is 1. The Balaban J connectivity index is 2.05. The highest BCUT2D eigenvalue weighted by Crippen LogP contribution is 2.19. The van der Waals surface area contributed by atoms with Gasteiger partial charge in [0.05, 0.1) is 0 Å². The van der Waals surface area contributed by atoms with Gasteiger partial charge in [-0.15, -0.1) is 0 Å². The summed E-state index contributed by atoms with van der Waals surface area (Å²) in [4.78, 5) is 22.0. The highest BCUT2D eigenvalue weighted by atomic mass is 16.4. The molecule has 1 aliphatic carbocycles. The number of urea groups is 1. The van der Waals surface area contributed by atoms with E-state index < -0.39 is 5.97 Å². The monoisotopic (exact) mass is 282 g/mol. The van der Waals surface area contributed by atoms with Crippen molar-refractivity contribution in [1.29, 1.82) is 0 Å². The molecule has 3 N–H and O–H groups in total. The molecule has 20 heavy (non-hydrogen) atoms. The summed E-state index contributed by atoms with van der Waals surface area (Å²) in [6, 6.07) is -0.163. The summed E-state index contributed by atoms with van der Waals surface area (Å²) in [5, 5.41) is 14.2. The van der Waals surface area contributed by atoms with Crippen molar-refractivity contribution in [3.05, 3.63) is 11.6 Å². The van der Waals surface area contributed by atoms with Crippen molar-refractivity contribution in [3.8, 4) is 0 Å². The Kier molecular flexibility index (Phi) is 7.77. The van der Waals surface area contributed by atoms with Gasteiger partial charge >= 0.3 is 12.0 Å². The second-order valence-electron chi connectivity index (χ2n) is 5.53. The van der Waals surface area contributed by atoms with Crippen molar-refractivity contribution in [1.82, 2.24) is 10.6 Å². The lowest BCUT2D eigenvalue weighted by atomic mass is 9.97. The van der Waals surface area contributed by atoms with E-state index in [1.54, 1.807) is 0 Å². The van der Waals surface area contributed by atoms with Crippen LogP contribution < -0.4 is 10.6 Å². The number of hydrogen-bond acceptors (Lipinski definition) is 2. The summed E-state index contributed by atoms with van der Waals surface area (Å²) in [5.74, 6) is -0.611. The van der Waals surface area contributed by atoms with Crippen LogP contribution in [0.3, 0.4) is 0 Å². The van der Waals surface area contributed by atoms with Crippen LogP contribution in [0.15, 0.2) is 11.6 Å². The molecule has 1 aliphatic rings. The molecule has 5 nitrogen and oxygen atoms in total. The van der Waals surface area contributed by atoms with Gasteiger partial charge in [0.2, 0.25) is 0 Å². The molecule has 0 saturated carbocycles. The number of aliphatic carboxylic acids is 1. The highest BCUT2D eigenvalue weighted by molar-refractivity contribution is 5.73. The molecule has 0 fully saturated rings. The summed E-state index contributed by atoms with van der Waals surface area (Å²) in [5.41, 5.74) is 1.45. The fraction of sp³-hybridized carbons (Fsp3) is 0.733. The van der Waals surface area contributed by atoms with Crippen LogP contribution >= 0.6 is 0 Å². The molecular weight excluding hydrogens is 256 g/mol. The van der Waals surface area contributed by atoms with Gasteiger partial charge in [0, 0.05) is 19.5 Å². The fourth-order valence-corrected chi connectivity index (χ4v) is 2.27. The van der Waals surface area contributed by atoms with E-state index in [0.717, 1.165) is 12.8 Å². The quantitative estimate of drug-likeness (QED) is 0.599. The molecule has 0 aromatic carbocycles. The number of hydrogen-bond donors (Lipinski definition) is 3. The molecule has 0 spiro atoms. The van der Waals surface area contributed by atoms with Crippen molar-refractivity contribution >= 4 is 12.0 Å². The maximum Gasteiger partial charge on any atom is 0.314 e. The molecule has 0 aromatic heterocycles. The van der Waals surface area contributed by atoms with Crippen molar-refractivity contribution in [2.75, 3.05) is 13.1 Å². The molecule has 1 atom stereocenters. The van der Waals surface area contributed by atoms with E-state index in [4.69, 9.17) is 5.11 Å². The molecule has 0 aliphatic heterocycles. The lowest BCUT2D eigenvalue weighted by molar-refractivity contribution is -0.137. The Bertz CT molecular complexity index is 353. The number of carboxylic acids is 1. The van der Waals surface area contributed by atoms with Crippen molar-refractivity contribution in [2.45, 2.75) is 51.9 Å². The zero-order valence-electron chi connectivity index (χ0n) is 12.3. The normalized spacial score (nSPS) is 16.1.